The topological polar surface area (TPSA) is 20.2 Å². The Labute approximate surface area is 97.9 Å². The molecule has 3 aromatic rings. The molecule has 0 amide bonds. The van der Waals surface area contributed by atoms with Crippen LogP contribution in [0.4, 0.5) is 0 Å². The summed E-state index contributed by atoms with van der Waals surface area (Å²) in [6.07, 6.45) is 0. The second-order valence-electron chi connectivity index (χ2n) is 3.81. The normalized spacial score (nSPS) is 11.1. The van der Waals surface area contributed by atoms with Crippen molar-refractivity contribution in [1.82, 2.24) is 0 Å². The van der Waals surface area contributed by atoms with Crippen molar-refractivity contribution < 1.29 is 5.11 Å². The molecule has 0 fully saturated rings. The molecule has 16 heavy (non-hydrogen) atoms. The van der Waals surface area contributed by atoms with Crippen LogP contribution < -0.4 is 0 Å². The number of fused-ring (bicyclic) bond motifs is 3. The number of phenolic OH excluding ortho intramolecular Hbond substituents is 1. The van der Waals surface area contributed by atoms with Gasteiger partial charge in [-0.25, -0.2) is 0 Å². The Morgan fingerprint density at radius 1 is 0.875 bits per heavy atom. The van der Waals surface area contributed by atoms with Crippen LogP contribution in [0.25, 0.3) is 21.5 Å². The molecule has 0 saturated heterocycles. The van der Waals surface area contributed by atoms with Crippen molar-refractivity contribution >= 4 is 33.1 Å². The first-order chi connectivity index (χ1) is 7.75. The number of phenols is 1. The fourth-order valence-corrected chi connectivity index (χ4v) is 2.31. The molecule has 0 aliphatic heterocycles. The van der Waals surface area contributed by atoms with Gasteiger partial charge in [-0.2, -0.15) is 0 Å². The number of rotatable bonds is 0. The van der Waals surface area contributed by atoms with E-state index in [9.17, 15) is 5.11 Å². The van der Waals surface area contributed by atoms with Crippen LogP contribution in [0, 0.1) is 0 Å². The second-order valence-corrected chi connectivity index (χ2v) is 4.25. The molecular weight excluding hydrogens is 220 g/mol. The quantitative estimate of drug-likeness (QED) is 0.567. The predicted molar refractivity (Wildman–Crippen MR) is 68.1 cm³/mol. The predicted octanol–water partition coefficient (Wildman–Crippen LogP) is 4.35. The highest BCUT2D eigenvalue weighted by atomic mass is 35.5. The molecule has 0 saturated carbocycles. The molecule has 0 aliphatic carbocycles. The molecular formula is C14H9ClO. The van der Waals surface area contributed by atoms with E-state index in [-0.39, 0.29) is 5.75 Å². The van der Waals surface area contributed by atoms with Crippen molar-refractivity contribution in [2.24, 2.45) is 0 Å². The van der Waals surface area contributed by atoms with Crippen molar-refractivity contribution in [3.05, 3.63) is 53.6 Å². The highest BCUT2D eigenvalue weighted by Crippen LogP contribution is 2.34. The lowest BCUT2D eigenvalue weighted by Gasteiger charge is -2.06. The average Bonchev–Trinajstić information content (AvgIpc) is 2.28. The molecule has 0 atom stereocenters. The molecule has 78 valence electrons. The standard InChI is InChI=1S/C14H9ClO/c15-11-7-10-6-5-9-3-1-2-4-12(9)14(10)13(16)8-11/h1-8,16H. The summed E-state index contributed by atoms with van der Waals surface area (Å²) in [5, 5.41) is 14.5. The maximum absolute atomic E-state index is 9.97. The Morgan fingerprint density at radius 3 is 2.50 bits per heavy atom. The first-order valence-electron chi connectivity index (χ1n) is 5.06. The van der Waals surface area contributed by atoms with E-state index in [0.29, 0.717) is 5.02 Å². The maximum Gasteiger partial charge on any atom is 0.125 e. The number of hydrogen-bond donors (Lipinski definition) is 1. The summed E-state index contributed by atoms with van der Waals surface area (Å²) in [7, 11) is 0. The molecule has 2 heteroatoms. The second kappa shape index (κ2) is 3.39. The van der Waals surface area contributed by atoms with Crippen molar-refractivity contribution in [3.8, 4) is 5.75 Å². The van der Waals surface area contributed by atoms with Gasteiger partial charge in [0.05, 0.1) is 0 Å². The largest absolute Gasteiger partial charge is 0.507 e. The molecule has 3 rings (SSSR count). The Morgan fingerprint density at radius 2 is 1.62 bits per heavy atom. The SMILES string of the molecule is Oc1cc(Cl)cc2ccc3ccccc3c12. The zero-order chi connectivity index (χ0) is 11.1. The van der Waals surface area contributed by atoms with Crippen LogP contribution in [0.15, 0.2) is 48.5 Å². The van der Waals surface area contributed by atoms with Crippen molar-refractivity contribution in [3.63, 3.8) is 0 Å². The minimum Gasteiger partial charge on any atom is -0.507 e. The highest BCUT2D eigenvalue weighted by Gasteiger charge is 2.05. The van der Waals surface area contributed by atoms with Gasteiger partial charge >= 0.3 is 0 Å². The summed E-state index contributed by atoms with van der Waals surface area (Å²) in [6.45, 7) is 0. The minimum atomic E-state index is 0.235. The van der Waals surface area contributed by atoms with Gasteiger partial charge in [0.15, 0.2) is 0 Å². The van der Waals surface area contributed by atoms with Gasteiger partial charge in [0.2, 0.25) is 0 Å². The van der Waals surface area contributed by atoms with Gasteiger partial charge in [0, 0.05) is 10.4 Å². The third-order valence-electron chi connectivity index (χ3n) is 2.79. The Hall–Kier alpha value is -1.73. The fourth-order valence-electron chi connectivity index (χ4n) is 2.09. The van der Waals surface area contributed by atoms with Crippen molar-refractivity contribution in [1.29, 1.82) is 0 Å². The van der Waals surface area contributed by atoms with Crippen LogP contribution in [0.1, 0.15) is 0 Å². The molecule has 1 nitrogen and oxygen atoms in total. The Bertz CT molecular complexity index is 689. The average molecular weight is 229 g/mol. The first kappa shape index (κ1) is 9.49. The van der Waals surface area contributed by atoms with Crippen LogP contribution in [0.5, 0.6) is 5.75 Å². The minimum absolute atomic E-state index is 0.235. The van der Waals surface area contributed by atoms with E-state index < -0.39 is 0 Å². The summed E-state index contributed by atoms with van der Waals surface area (Å²) in [4.78, 5) is 0. The highest BCUT2D eigenvalue weighted by molar-refractivity contribution is 6.32. The van der Waals surface area contributed by atoms with Gasteiger partial charge in [-0.15, -0.1) is 0 Å². The molecule has 0 spiro atoms. The molecule has 3 aromatic carbocycles. The summed E-state index contributed by atoms with van der Waals surface area (Å²) >= 11 is 5.92. The number of hydrogen-bond acceptors (Lipinski definition) is 1. The lowest BCUT2D eigenvalue weighted by Crippen LogP contribution is -1.78. The third kappa shape index (κ3) is 1.33. The van der Waals surface area contributed by atoms with Gasteiger partial charge < -0.3 is 5.11 Å². The van der Waals surface area contributed by atoms with Gasteiger partial charge in [-0.05, 0) is 28.3 Å². The van der Waals surface area contributed by atoms with E-state index in [1.165, 1.54) is 0 Å². The van der Waals surface area contributed by atoms with Crippen LogP contribution in [0.3, 0.4) is 0 Å². The summed E-state index contributed by atoms with van der Waals surface area (Å²) in [5.74, 6) is 0.235. The number of aromatic hydroxyl groups is 1. The van der Waals surface area contributed by atoms with E-state index in [1.54, 1.807) is 6.07 Å². The summed E-state index contributed by atoms with van der Waals surface area (Å²) in [5.41, 5.74) is 0. The Balaban J connectivity index is 2.60. The van der Waals surface area contributed by atoms with E-state index in [2.05, 4.69) is 0 Å². The van der Waals surface area contributed by atoms with Crippen molar-refractivity contribution in [2.45, 2.75) is 0 Å². The molecule has 0 heterocycles. The van der Waals surface area contributed by atoms with Crippen LogP contribution in [-0.4, -0.2) is 5.11 Å². The van der Waals surface area contributed by atoms with Gasteiger partial charge in [-0.3, -0.25) is 0 Å². The number of benzene rings is 3. The molecule has 0 unspecified atom stereocenters. The zero-order valence-corrected chi connectivity index (χ0v) is 9.20. The monoisotopic (exact) mass is 228 g/mol. The van der Waals surface area contributed by atoms with Gasteiger partial charge in [0.1, 0.15) is 5.75 Å². The van der Waals surface area contributed by atoms with Crippen LogP contribution in [-0.2, 0) is 0 Å². The van der Waals surface area contributed by atoms with Crippen LogP contribution in [0.2, 0.25) is 5.02 Å². The third-order valence-corrected chi connectivity index (χ3v) is 3.00. The molecule has 1 N–H and O–H groups in total. The Kier molecular flexibility index (Phi) is 2.01. The van der Waals surface area contributed by atoms with Crippen molar-refractivity contribution in [2.75, 3.05) is 0 Å². The lowest BCUT2D eigenvalue weighted by atomic mass is 10.0. The van der Waals surface area contributed by atoms with Crippen LogP contribution >= 0.6 is 11.6 Å². The molecule has 0 aliphatic rings. The summed E-state index contributed by atoms with van der Waals surface area (Å²) < 4.78 is 0. The molecule has 0 radical (unpaired) electrons. The lowest BCUT2D eigenvalue weighted by molar-refractivity contribution is 0.482. The summed E-state index contributed by atoms with van der Waals surface area (Å²) in [6, 6.07) is 15.4. The fraction of sp³-hybridized carbons (Fsp3) is 0. The number of halogens is 1. The van der Waals surface area contributed by atoms with E-state index >= 15 is 0 Å². The van der Waals surface area contributed by atoms with Gasteiger partial charge in [0.25, 0.3) is 0 Å². The van der Waals surface area contributed by atoms with Gasteiger partial charge in [-0.1, -0.05) is 48.0 Å². The zero-order valence-electron chi connectivity index (χ0n) is 8.44. The smallest absolute Gasteiger partial charge is 0.125 e. The van der Waals surface area contributed by atoms with E-state index in [0.717, 1.165) is 21.5 Å². The molecule has 0 aromatic heterocycles. The molecule has 0 bridgehead atoms. The first-order valence-corrected chi connectivity index (χ1v) is 5.43. The van der Waals surface area contributed by atoms with E-state index in [4.69, 9.17) is 11.6 Å². The maximum atomic E-state index is 9.97. The van der Waals surface area contributed by atoms with E-state index in [1.807, 2.05) is 42.5 Å².